The SMILES string of the molecule is O=C(NC(c1cccc[nH+]1)C(F)(F)F)c1[nH]c(-c2cccc(Cl)c2)c2cccc[n+]12. The van der Waals surface area contributed by atoms with Crippen LogP contribution < -0.4 is 14.7 Å². The van der Waals surface area contributed by atoms with Crippen molar-refractivity contribution in [2.45, 2.75) is 12.2 Å². The fourth-order valence-electron chi connectivity index (χ4n) is 3.24. The number of nitrogens with zero attached hydrogens (tertiary/aromatic N) is 1. The second-order valence-electron chi connectivity index (χ2n) is 6.58. The molecule has 0 aliphatic carbocycles. The Kier molecular flexibility index (Phi) is 5.17. The van der Waals surface area contributed by atoms with Crippen LogP contribution in [0.3, 0.4) is 0 Å². The lowest BCUT2D eigenvalue weighted by Gasteiger charge is -2.17. The van der Waals surface area contributed by atoms with Gasteiger partial charge in [-0.05, 0) is 24.3 Å². The number of hydrogen-bond donors (Lipinski definition) is 2. The van der Waals surface area contributed by atoms with Crippen molar-refractivity contribution in [2.24, 2.45) is 0 Å². The molecule has 9 heteroatoms. The van der Waals surface area contributed by atoms with Gasteiger partial charge in [0.15, 0.2) is 17.4 Å². The number of H-pyrrole nitrogens is 2. The van der Waals surface area contributed by atoms with Crippen molar-refractivity contribution in [3.63, 3.8) is 0 Å². The number of pyridine rings is 2. The summed E-state index contributed by atoms with van der Waals surface area (Å²) >= 11 is 6.07. The number of nitrogens with one attached hydrogen (secondary N) is 3. The zero-order valence-corrected chi connectivity index (χ0v) is 16.1. The van der Waals surface area contributed by atoms with E-state index in [9.17, 15) is 18.0 Å². The molecule has 30 heavy (non-hydrogen) atoms. The Hall–Kier alpha value is -3.39. The van der Waals surface area contributed by atoms with Gasteiger partial charge in [0.2, 0.25) is 11.7 Å². The molecule has 0 saturated carbocycles. The van der Waals surface area contributed by atoms with Gasteiger partial charge in [-0.1, -0.05) is 35.9 Å². The topological polar surface area (TPSA) is 63.1 Å². The first-order valence-electron chi connectivity index (χ1n) is 8.97. The molecule has 4 rings (SSSR count). The van der Waals surface area contributed by atoms with Gasteiger partial charge in [-0.3, -0.25) is 4.79 Å². The molecule has 1 atom stereocenters. The van der Waals surface area contributed by atoms with Crippen molar-refractivity contribution >= 4 is 23.0 Å². The molecule has 0 radical (unpaired) electrons. The number of carbonyl (C=O) groups is 1. The van der Waals surface area contributed by atoms with Crippen LogP contribution >= 0.6 is 11.6 Å². The van der Waals surface area contributed by atoms with Gasteiger partial charge < -0.3 is 5.32 Å². The van der Waals surface area contributed by atoms with E-state index >= 15 is 0 Å². The van der Waals surface area contributed by atoms with Crippen LogP contribution in [0.2, 0.25) is 5.02 Å². The number of halogens is 4. The molecule has 0 bridgehead atoms. The molecule has 0 aliphatic rings. The molecule has 5 nitrogen and oxygen atoms in total. The maximum atomic E-state index is 13.6. The summed E-state index contributed by atoms with van der Waals surface area (Å²) in [5.41, 5.74) is 1.72. The molecule has 152 valence electrons. The van der Waals surface area contributed by atoms with Crippen LogP contribution in [-0.2, 0) is 0 Å². The van der Waals surface area contributed by atoms with E-state index in [2.05, 4.69) is 15.3 Å². The molecule has 0 fully saturated rings. The highest BCUT2D eigenvalue weighted by Crippen LogP contribution is 2.31. The van der Waals surface area contributed by atoms with Crippen molar-refractivity contribution in [3.05, 3.63) is 89.6 Å². The summed E-state index contributed by atoms with van der Waals surface area (Å²) in [7, 11) is 0. The second-order valence-corrected chi connectivity index (χ2v) is 7.02. The maximum absolute atomic E-state index is 13.6. The fourth-order valence-corrected chi connectivity index (χ4v) is 3.43. The van der Waals surface area contributed by atoms with Gasteiger partial charge in [0.05, 0.1) is 6.20 Å². The second kappa shape index (κ2) is 7.79. The first-order chi connectivity index (χ1) is 14.3. The molecule has 1 aromatic carbocycles. The third-order valence-electron chi connectivity index (χ3n) is 4.58. The van der Waals surface area contributed by atoms with E-state index in [1.807, 2.05) is 0 Å². The third-order valence-corrected chi connectivity index (χ3v) is 4.81. The van der Waals surface area contributed by atoms with Gasteiger partial charge in [0.25, 0.3) is 0 Å². The van der Waals surface area contributed by atoms with E-state index in [1.54, 1.807) is 54.7 Å². The number of aromatic nitrogens is 3. The zero-order chi connectivity index (χ0) is 21.3. The highest BCUT2D eigenvalue weighted by Gasteiger charge is 2.46. The molecular formula is C21H16ClF3N4O+2. The van der Waals surface area contributed by atoms with Crippen molar-refractivity contribution < 1.29 is 27.4 Å². The first-order valence-corrected chi connectivity index (χ1v) is 9.35. The summed E-state index contributed by atoms with van der Waals surface area (Å²) in [6.45, 7) is 0. The van der Waals surface area contributed by atoms with Crippen LogP contribution in [0.25, 0.3) is 16.8 Å². The summed E-state index contributed by atoms with van der Waals surface area (Å²) in [4.78, 5) is 18.4. The van der Waals surface area contributed by atoms with E-state index in [-0.39, 0.29) is 11.5 Å². The number of imidazole rings is 1. The Morgan fingerprint density at radius 3 is 2.60 bits per heavy atom. The monoisotopic (exact) mass is 432 g/mol. The van der Waals surface area contributed by atoms with Crippen LogP contribution in [0.5, 0.6) is 0 Å². The predicted octanol–water partition coefficient (Wildman–Crippen LogP) is 3.92. The molecule has 1 unspecified atom stereocenters. The summed E-state index contributed by atoms with van der Waals surface area (Å²) in [5, 5.41) is 2.58. The Morgan fingerprint density at radius 2 is 1.90 bits per heavy atom. The standard InChI is InChI=1S/C21H14ClF3N4O/c22-14-7-5-6-13(12-14)17-16-9-2-4-11-29(16)19(27-17)20(30)28-18(21(23,24)25)15-8-1-3-10-26-15/h1-12,18H,(H,28,30)/p+2. The van der Waals surface area contributed by atoms with Crippen molar-refractivity contribution in [1.29, 1.82) is 0 Å². The first kappa shape index (κ1) is 19.9. The highest BCUT2D eigenvalue weighted by atomic mass is 35.5. The van der Waals surface area contributed by atoms with Gasteiger partial charge >= 0.3 is 17.9 Å². The molecule has 3 aromatic heterocycles. The maximum Gasteiger partial charge on any atom is 0.418 e. The Balaban J connectivity index is 1.77. The van der Waals surface area contributed by atoms with Gasteiger partial charge in [0, 0.05) is 22.7 Å². The molecular weight excluding hydrogens is 417 g/mol. The molecule has 0 spiro atoms. The minimum atomic E-state index is -4.68. The highest BCUT2D eigenvalue weighted by molar-refractivity contribution is 6.30. The van der Waals surface area contributed by atoms with E-state index < -0.39 is 18.1 Å². The summed E-state index contributed by atoms with van der Waals surface area (Å²) in [6.07, 6.45) is -1.71. The predicted molar refractivity (Wildman–Crippen MR) is 104 cm³/mol. The lowest BCUT2D eigenvalue weighted by molar-refractivity contribution is -0.514. The largest absolute Gasteiger partial charge is 0.418 e. The lowest BCUT2D eigenvalue weighted by Crippen LogP contribution is -2.44. The minimum Gasteiger partial charge on any atom is -0.325 e. The van der Waals surface area contributed by atoms with Gasteiger partial charge in [0.1, 0.15) is 0 Å². The lowest BCUT2D eigenvalue weighted by atomic mass is 10.1. The average Bonchev–Trinajstić information content (AvgIpc) is 3.11. The summed E-state index contributed by atoms with van der Waals surface area (Å²) < 4.78 is 42.4. The fraction of sp³-hybridized carbons (Fsp3) is 0.0952. The van der Waals surface area contributed by atoms with Crippen LogP contribution in [-0.4, -0.2) is 17.1 Å². The van der Waals surface area contributed by atoms with Crippen LogP contribution in [0, 0.1) is 0 Å². The van der Waals surface area contributed by atoms with E-state index in [0.29, 0.717) is 21.8 Å². The number of fused-ring (bicyclic) bond motifs is 1. The third kappa shape index (κ3) is 3.86. The number of alkyl halides is 3. The van der Waals surface area contributed by atoms with Crippen LogP contribution in [0.1, 0.15) is 22.4 Å². The van der Waals surface area contributed by atoms with Crippen molar-refractivity contribution in [2.75, 3.05) is 0 Å². The van der Waals surface area contributed by atoms with Crippen LogP contribution in [0.4, 0.5) is 13.2 Å². The number of aromatic amines is 2. The average molecular weight is 433 g/mol. The Labute approximate surface area is 174 Å². The smallest absolute Gasteiger partial charge is 0.325 e. The molecule has 3 heterocycles. The number of carbonyl (C=O) groups excluding carboxylic acids is 1. The Morgan fingerprint density at radius 1 is 1.10 bits per heavy atom. The van der Waals surface area contributed by atoms with E-state index in [1.165, 1.54) is 22.7 Å². The summed E-state index contributed by atoms with van der Waals surface area (Å²) in [5.74, 6) is -0.935. The Bertz CT molecular complexity index is 1210. The normalized spacial score (nSPS) is 12.7. The molecule has 3 N–H and O–H groups in total. The van der Waals surface area contributed by atoms with Gasteiger partial charge in [-0.15, -0.1) is 0 Å². The van der Waals surface area contributed by atoms with Gasteiger partial charge in [-0.25, -0.2) is 9.97 Å². The number of amides is 1. The molecule has 0 aliphatic heterocycles. The minimum absolute atomic E-state index is 0.0363. The van der Waals surface area contributed by atoms with Crippen molar-refractivity contribution in [3.8, 4) is 11.3 Å². The van der Waals surface area contributed by atoms with E-state index in [0.717, 1.165) is 0 Å². The molecule has 0 saturated heterocycles. The summed E-state index contributed by atoms with van der Waals surface area (Å²) in [6, 6.07) is 14.3. The van der Waals surface area contributed by atoms with Crippen LogP contribution in [0.15, 0.2) is 73.1 Å². The number of benzene rings is 1. The van der Waals surface area contributed by atoms with Crippen molar-refractivity contribution in [1.82, 2.24) is 10.3 Å². The van der Waals surface area contributed by atoms with Gasteiger partial charge in [-0.2, -0.15) is 17.6 Å². The zero-order valence-electron chi connectivity index (χ0n) is 15.4. The number of rotatable bonds is 4. The number of hydrogen-bond acceptors (Lipinski definition) is 1. The molecule has 4 aromatic rings. The molecule has 1 amide bonds. The van der Waals surface area contributed by atoms with E-state index in [4.69, 9.17) is 11.6 Å². The quantitative estimate of drug-likeness (QED) is 0.472.